The van der Waals surface area contributed by atoms with Gasteiger partial charge in [-0.2, -0.15) is 0 Å². The summed E-state index contributed by atoms with van der Waals surface area (Å²) in [5.74, 6) is 1.24. The van der Waals surface area contributed by atoms with Crippen LogP contribution in [0.1, 0.15) is 18.4 Å². The van der Waals surface area contributed by atoms with E-state index in [1.807, 2.05) is 25.1 Å². The number of hydrogen-bond donors (Lipinski definition) is 1. The minimum Gasteiger partial charge on any atom is -0.495 e. The molecule has 0 saturated carbocycles. The van der Waals surface area contributed by atoms with Crippen molar-refractivity contribution in [2.24, 2.45) is 0 Å². The maximum Gasteiger partial charge on any atom is 0.224 e. The van der Waals surface area contributed by atoms with Gasteiger partial charge in [-0.1, -0.05) is 17.7 Å². The second-order valence-corrected chi connectivity index (χ2v) is 6.57. The number of rotatable bonds is 7. The molecule has 1 N–H and O–H groups in total. The number of amides is 1. The maximum atomic E-state index is 12.0. The molecule has 0 bridgehead atoms. The van der Waals surface area contributed by atoms with Crippen LogP contribution in [0.2, 0.25) is 5.02 Å². The molecule has 2 aromatic carbocycles. The number of halogens is 2. The van der Waals surface area contributed by atoms with Crippen LogP contribution in [-0.2, 0) is 4.79 Å². The molecule has 0 heterocycles. The largest absolute Gasteiger partial charge is 0.495 e. The summed E-state index contributed by atoms with van der Waals surface area (Å²) in [6.45, 7) is 2.48. The quantitative estimate of drug-likeness (QED) is 0.634. The first-order valence-corrected chi connectivity index (χ1v) is 8.69. The second-order valence-electron chi connectivity index (χ2n) is 5.28. The number of carbonyl (C=O) groups excluding carboxylic acids is 1. The van der Waals surface area contributed by atoms with Crippen molar-refractivity contribution in [1.29, 1.82) is 0 Å². The van der Waals surface area contributed by atoms with Crippen molar-refractivity contribution in [2.75, 3.05) is 19.0 Å². The van der Waals surface area contributed by atoms with Crippen LogP contribution in [0.3, 0.4) is 0 Å². The van der Waals surface area contributed by atoms with Crippen LogP contribution in [-0.4, -0.2) is 19.6 Å². The Morgan fingerprint density at radius 3 is 2.67 bits per heavy atom. The van der Waals surface area contributed by atoms with E-state index in [9.17, 15) is 4.79 Å². The van der Waals surface area contributed by atoms with Crippen molar-refractivity contribution in [1.82, 2.24) is 0 Å². The van der Waals surface area contributed by atoms with Gasteiger partial charge >= 0.3 is 0 Å². The third-order valence-corrected chi connectivity index (χ3v) is 4.18. The lowest BCUT2D eigenvalue weighted by Gasteiger charge is -2.11. The predicted octanol–water partition coefficient (Wildman–Crippen LogP) is 5.22. The number of carbonyl (C=O) groups is 1. The summed E-state index contributed by atoms with van der Waals surface area (Å²) in [4.78, 5) is 12.0. The molecule has 0 aromatic heterocycles. The Morgan fingerprint density at radius 2 is 1.96 bits per heavy atom. The molecule has 4 nitrogen and oxygen atoms in total. The number of nitrogens with one attached hydrogen (secondary N) is 1. The number of aryl methyl sites for hydroxylation is 1. The highest BCUT2D eigenvalue weighted by atomic mass is 79.9. The highest BCUT2D eigenvalue weighted by molar-refractivity contribution is 9.10. The molecule has 0 aliphatic carbocycles. The van der Waals surface area contributed by atoms with Gasteiger partial charge in [0.2, 0.25) is 5.91 Å². The van der Waals surface area contributed by atoms with Crippen LogP contribution in [0.15, 0.2) is 40.9 Å². The van der Waals surface area contributed by atoms with Gasteiger partial charge in [-0.15, -0.1) is 0 Å². The van der Waals surface area contributed by atoms with Crippen molar-refractivity contribution < 1.29 is 14.3 Å². The van der Waals surface area contributed by atoms with E-state index in [4.69, 9.17) is 21.1 Å². The fourth-order valence-electron chi connectivity index (χ4n) is 2.13. The number of methoxy groups -OCH3 is 1. The molecule has 2 rings (SSSR count). The topological polar surface area (TPSA) is 47.6 Å². The van der Waals surface area contributed by atoms with Crippen LogP contribution in [0.25, 0.3) is 0 Å². The molecule has 128 valence electrons. The Bertz CT molecular complexity index is 721. The Morgan fingerprint density at radius 1 is 1.21 bits per heavy atom. The van der Waals surface area contributed by atoms with Crippen molar-refractivity contribution in [3.05, 3.63) is 51.5 Å². The Labute approximate surface area is 155 Å². The zero-order chi connectivity index (χ0) is 17.5. The molecule has 0 fully saturated rings. The third-order valence-electron chi connectivity index (χ3n) is 3.33. The van der Waals surface area contributed by atoms with Crippen molar-refractivity contribution in [3.63, 3.8) is 0 Å². The van der Waals surface area contributed by atoms with E-state index in [0.717, 1.165) is 15.8 Å². The van der Waals surface area contributed by atoms with E-state index in [1.165, 1.54) is 0 Å². The lowest BCUT2D eigenvalue weighted by atomic mass is 10.2. The van der Waals surface area contributed by atoms with E-state index < -0.39 is 0 Å². The second kappa shape index (κ2) is 8.94. The first-order valence-electron chi connectivity index (χ1n) is 7.52. The lowest BCUT2D eigenvalue weighted by Crippen LogP contribution is -2.13. The van der Waals surface area contributed by atoms with Crippen LogP contribution < -0.4 is 14.8 Å². The van der Waals surface area contributed by atoms with Gasteiger partial charge in [-0.25, -0.2) is 0 Å². The van der Waals surface area contributed by atoms with E-state index >= 15 is 0 Å². The van der Waals surface area contributed by atoms with E-state index in [2.05, 4.69) is 21.2 Å². The van der Waals surface area contributed by atoms with Crippen LogP contribution in [0.5, 0.6) is 11.5 Å². The summed E-state index contributed by atoms with van der Waals surface area (Å²) in [5, 5.41) is 3.35. The first-order chi connectivity index (χ1) is 11.5. The number of benzene rings is 2. The van der Waals surface area contributed by atoms with Crippen molar-refractivity contribution in [2.45, 2.75) is 19.8 Å². The average molecular weight is 413 g/mol. The Kier molecular flexibility index (Phi) is 6.94. The smallest absolute Gasteiger partial charge is 0.224 e. The normalized spacial score (nSPS) is 10.3. The average Bonchev–Trinajstić information content (AvgIpc) is 2.53. The molecule has 1 amide bonds. The monoisotopic (exact) mass is 411 g/mol. The molecule has 24 heavy (non-hydrogen) atoms. The predicted molar refractivity (Wildman–Crippen MR) is 100 cm³/mol. The minimum absolute atomic E-state index is 0.109. The molecule has 0 radical (unpaired) electrons. The molecule has 0 aliphatic heterocycles. The van der Waals surface area contributed by atoms with Crippen LogP contribution in [0, 0.1) is 6.92 Å². The fourth-order valence-corrected chi connectivity index (χ4v) is 2.91. The van der Waals surface area contributed by atoms with Gasteiger partial charge in [0.1, 0.15) is 11.5 Å². The van der Waals surface area contributed by atoms with E-state index in [-0.39, 0.29) is 5.91 Å². The maximum absolute atomic E-state index is 12.0. The van der Waals surface area contributed by atoms with Crippen molar-refractivity contribution >= 4 is 39.1 Å². The molecule has 0 unspecified atom stereocenters. The standard InChI is InChI=1S/C18H19BrClNO3/c1-12-5-7-16(14(19)10-12)24-9-3-4-18(22)21-15-11-13(20)6-8-17(15)23-2/h5-8,10-11H,3-4,9H2,1-2H3,(H,21,22). The summed E-state index contributed by atoms with van der Waals surface area (Å²) >= 11 is 9.41. The molecule has 0 saturated heterocycles. The van der Waals surface area contributed by atoms with Crippen LogP contribution in [0.4, 0.5) is 5.69 Å². The van der Waals surface area contributed by atoms with Gasteiger partial charge in [-0.05, 0) is 65.2 Å². The van der Waals surface area contributed by atoms with Crippen LogP contribution >= 0.6 is 27.5 Å². The third kappa shape index (κ3) is 5.42. The van der Waals surface area contributed by atoms with Crippen molar-refractivity contribution in [3.8, 4) is 11.5 Å². The number of anilines is 1. The Hall–Kier alpha value is -1.72. The molecule has 2 aromatic rings. The first kappa shape index (κ1) is 18.6. The molecule has 0 atom stereocenters. The number of ether oxygens (including phenoxy) is 2. The minimum atomic E-state index is -0.109. The summed E-state index contributed by atoms with van der Waals surface area (Å²) in [7, 11) is 1.55. The van der Waals surface area contributed by atoms with Gasteiger partial charge < -0.3 is 14.8 Å². The molecule has 6 heteroatoms. The lowest BCUT2D eigenvalue weighted by molar-refractivity contribution is -0.116. The molecule has 0 spiro atoms. The highest BCUT2D eigenvalue weighted by Crippen LogP contribution is 2.28. The number of hydrogen-bond acceptors (Lipinski definition) is 3. The zero-order valence-corrected chi connectivity index (χ0v) is 15.9. The van der Waals surface area contributed by atoms with Gasteiger partial charge in [0, 0.05) is 11.4 Å². The Balaban J connectivity index is 1.80. The van der Waals surface area contributed by atoms with Gasteiger partial charge in [0.05, 0.1) is 23.9 Å². The molecule has 0 aliphatic rings. The van der Waals surface area contributed by atoms with E-state index in [1.54, 1.807) is 25.3 Å². The summed E-state index contributed by atoms with van der Waals surface area (Å²) in [6.07, 6.45) is 0.953. The summed E-state index contributed by atoms with van der Waals surface area (Å²) < 4.78 is 11.8. The fraction of sp³-hybridized carbons (Fsp3) is 0.278. The summed E-state index contributed by atoms with van der Waals surface area (Å²) in [5.41, 5.74) is 1.72. The van der Waals surface area contributed by atoms with Gasteiger partial charge in [0.15, 0.2) is 0 Å². The van der Waals surface area contributed by atoms with E-state index in [0.29, 0.717) is 35.9 Å². The molecular weight excluding hydrogens is 394 g/mol. The molecular formula is C18H19BrClNO3. The highest BCUT2D eigenvalue weighted by Gasteiger charge is 2.09. The van der Waals surface area contributed by atoms with Gasteiger partial charge in [0.25, 0.3) is 0 Å². The SMILES string of the molecule is COc1ccc(Cl)cc1NC(=O)CCCOc1ccc(C)cc1Br. The van der Waals surface area contributed by atoms with Gasteiger partial charge in [-0.3, -0.25) is 4.79 Å². The summed E-state index contributed by atoms with van der Waals surface area (Å²) in [6, 6.07) is 11.0. The zero-order valence-electron chi connectivity index (χ0n) is 13.6.